The number of aliphatic imine (C=N–C) groups is 1. The zero-order valence-corrected chi connectivity index (χ0v) is 13.1. The van der Waals surface area contributed by atoms with Gasteiger partial charge in [-0.05, 0) is 24.1 Å². The molecule has 0 bridgehead atoms. The molecule has 0 fully saturated rings. The second-order valence-corrected chi connectivity index (χ2v) is 4.92. The Morgan fingerprint density at radius 1 is 1.13 bits per heavy atom. The Balaban J connectivity index is 2.32. The fourth-order valence-electron chi connectivity index (χ4n) is 1.83. The molecule has 0 heterocycles. The highest BCUT2D eigenvalue weighted by Gasteiger charge is 2.26. The van der Waals surface area contributed by atoms with Crippen molar-refractivity contribution in [3.8, 4) is 0 Å². The van der Waals surface area contributed by atoms with E-state index >= 15 is 0 Å². The number of nitrogens with one attached hydrogen (secondary N) is 3. The van der Waals surface area contributed by atoms with Crippen LogP contribution < -0.4 is 16.0 Å². The van der Waals surface area contributed by atoms with Gasteiger partial charge in [0.15, 0.2) is 5.96 Å². The van der Waals surface area contributed by atoms with Crippen molar-refractivity contribution in [2.45, 2.75) is 25.9 Å². The Labute approximate surface area is 133 Å². The number of alkyl halides is 3. The highest BCUT2D eigenvalue weighted by Crippen LogP contribution is 2.18. The maximum Gasteiger partial charge on any atom is 0.390 e. The van der Waals surface area contributed by atoms with Crippen molar-refractivity contribution in [1.29, 1.82) is 0 Å². The van der Waals surface area contributed by atoms with Gasteiger partial charge in [-0.25, -0.2) is 0 Å². The van der Waals surface area contributed by atoms with E-state index in [4.69, 9.17) is 0 Å². The first kappa shape index (κ1) is 18.8. The lowest BCUT2D eigenvalue weighted by atomic mass is 10.1. The Kier molecular flexibility index (Phi) is 7.37. The summed E-state index contributed by atoms with van der Waals surface area (Å²) in [6.45, 7) is 1.76. The van der Waals surface area contributed by atoms with Crippen molar-refractivity contribution in [3.63, 3.8) is 0 Å². The van der Waals surface area contributed by atoms with E-state index in [9.17, 15) is 18.0 Å². The summed E-state index contributed by atoms with van der Waals surface area (Å²) in [6, 6.07) is 7.36. The van der Waals surface area contributed by atoms with Gasteiger partial charge < -0.3 is 16.0 Å². The van der Waals surface area contributed by atoms with Crippen LogP contribution in [0.1, 0.15) is 18.9 Å². The van der Waals surface area contributed by atoms with Crippen LogP contribution >= 0.6 is 0 Å². The third kappa shape index (κ3) is 8.70. The molecular weight excluding hydrogens is 309 g/mol. The number of nitrogens with zero attached hydrogens (tertiary/aromatic N) is 1. The number of amides is 1. The average molecular weight is 330 g/mol. The van der Waals surface area contributed by atoms with Gasteiger partial charge in [0.2, 0.25) is 5.91 Å². The molecule has 0 radical (unpaired) electrons. The van der Waals surface area contributed by atoms with Gasteiger partial charge in [0.1, 0.15) is 0 Å². The summed E-state index contributed by atoms with van der Waals surface area (Å²) in [7, 11) is 1.51. The first-order valence-corrected chi connectivity index (χ1v) is 7.18. The number of carbonyl (C=O) groups excluding carboxylic acids is 1. The minimum Gasteiger partial charge on any atom is -0.356 e. The molecule has 1 rings (SSSR count). The molecule has 1 aromatic rings. The molecular formula is C15H21F3N4O. The molecule has 128 valence electrons. The minimum atomic E-state index is -4.18. The Hall–Kier alpha value is -2.25. The van der Waals surface area contributed by atoms with E-state index in [-0.39, 0.29) is 12.5 Å². The van der Waals surface area contributed by atoms with Gasteiger partial charge >= 0.3 is 6.18 Å². The summed E-state index contributed by atoms with van der Waals surface area (Å²) in [5, 5.41) is 8.24. The second kappa shape index (κ2) is 9.02. The highest BCUT2D eigenvalue weighted by atomic mass is 19.4. The van der Waals surface area contributed by atoms with Crippen molar-refractivity contribution in [2.75, 3.05) is 25.5 Å². The lowest BCUT2D eigenvalue weighted by Gasteiger charge is -2.13. The summed E-state index contributed by atoms with van der Waals surface area (Å²) in [5.41, 5.74) is 1.76. The molecule has 3 N–H and O–H groups in total. The van der Waals surface area contributed by atoms with Crippen LogP contribution in [-0.4, -0.2) is 38.2 Å². The fraction of sp³-hybridized carbons (Fsp3) is 0.467. The predicted molar refractivity (Wildman–Crippen MR) is 84.5 cm³/mol. The average Bonchev–Trinajstić information content (AvgIpc) is 2.45. The highest BCUT2D eigenvalue weighted by molar-refractivity contribution is 5.88. The standard InChI is InChI=1S/C15H21F3N4O/c1-11(23)22-13-5-3-12(4-6-13)7-9-20-14(19-2)21-10-8-15(16,17)18/h3-6H,7-10H2,1-2H3,(H,22,23)(H2,19,20,21). The van der Waals surface area contributed by atoms with Gasteiger partial charge in [0.25, 0.3) is 0 Å². The molecule has 0 spiro atoms. The number of rotatable bonds is 6. The molecule has 0 atom stereocenters. The number of benzene rings is 1. The van der Waals surface area contributed by atoms with Gasteiger partial charge in [-0.3, -0.25) is 9.79 Å². The van der Waals surface area contributed by atoms with E-state index in [0.717, 1.165) is 11.3 Å². The van der Waals surface area contributed by atoms with Crippen molar-refractivity contribution < 1.29 is 18.0 Å². The van der Waals surface area contributed by atoms with Crippen molar-refractivity contribution >= 4 is 17.6 Å². The van der Waals surface area contributed by atoms with Crippen LogP contribution in [0.4, 0.5) is 18.9 Å². The number of guanidine groups is 1. The summed E-state index contributed by atoms with van der Waals surface area (Å²) in [4.78, 5) is 14.8. The smallest absolute Gasteiger partial charge is 0.356 e. The van der Waals surface area contributed by atoms with Crippen LogP contribution in [0, 0.1) is 0 Å². The van der Waals surface area contributed by atoms with Crippen LogP contribution in [0.15, 0.2) is 29.3 Å². The summed E-state index contributed by atoms with van der Waals surface area (Å²) in [6.07, 6.45) is -4.40. The molecule has 0 saturated heterocycles. The van der Waals surface area contributed by atoms with E-state index in [1.807, 2.05) is 12.1 Å². The maximum absolute atomic E-state index is 12.1. The number of hydrogen-bond donors (Lipinski definition) is 3. The van der Waals surface area contributed by atoms with E-state index in [1.165, 1.54) is 14.0 Å². The van der Waals surface area contributed by atoms with Gasteiger partial charge in [-0.2, -0.15) is 13.2 Å². The normalized spacial score (nSPS) is 12.0. The summed E-state index contributed by atoms with van der Waals surface area (Å²) >= 11 is 0. The van der Waals surface area contributed by atoms with Crippen LogP contribution in [0.25, 0.3) is 0 Å². The van der Waals surface area contributed by atoms with E-state index in [2.05, 4.69) is 20.9 Å². The van der Waals surface area contributed by atoms with E-state index in [0.29, 0.717) is 18.9 Å². The molecule has 1 amide bonds. The SMILES string of the molecule is CN=C(NCCc1ccc(NC(C)=O)cc1)NCCC(F)(F)F. The Bertz CT molecular complexity index is 527. The lowest BCUT2D eigenvalue weighted by molar-refractivity contribution is -0.132. The Morgan fingerprint density at radius 3 is 2.26 bits per heavy atom. The molecule has 5 nitrogen and oxygen atoms in total. The van der Waals surface area contributed by atoms with Crippen molar-refractivity contribution in [2.24, 2.45) is 4.99 Å². The molecule has 0 aliphatic heterocycles. The van der Waals surface area contributed by atoms with Gasteiger partial charge in [0, 0.05) is 32.7 Å². The fourth-order valence-corrected chi connectivity index (χ4v) is 1.83. The molecule has 0 saturated carbocycles. The number of halogens is 3. The van der Waals surface area contributed by atoms with Crippen LogP contribution in [0.3, 0.4) is 0 Å². The zero-order chi connectivity index (χ0) is 17.3. The third-order valence-corrected chi connectivity index (χ3v) is 2.90. The zero-order valence-electron chi connectivity index (χ0n) is 13.1. The van der Waals surface area contributed by atoms with E-state index < -0.39 is 12.6 Å². The van der Waals surface area contributed by atoms with Crippen molar-refractivity contribution in [1.82, 2.24) is 10.6 Å². The molecule has 0 aromatic heterocycles. The number of hydrogen-bond acceptors (Lipinski definition) is 2. The second-order valence-electron chi connectivity index (χ2n) is 4.92. The van der Waals surface area contributed by atoms with Gasteiger partial charge in [-0.1, -0.05) is 12.1 Å². The van der Waals surface area contributed by atoms with Gasteiger partial charge in [-0.15, -0.1) is 0 Å². The van der Waals surface area contributed by atoms with E-state index in [1.54, 1.807) is 12.1 Å². The maximum atomic E-state index is 12.1. The van der Waals surface area contributed by atoms with Crippen molar-refractivity contribution in [3.05, 3.63) is 29.8 Å². The van der Waals surface area contributed by atoms with Crippen LogP contribution in [-0.2, 0) is 11.2 Å². The van der Waals surface area contributed by atoms with Crippen LogP contribution in [0.2, 0.25) is 0 Å². The summed E-state index contributed by atoms with van der Waals surface area (Å²) in [5.74, 6) is 0.206. The molecule has 0 aliphatic carbocycles. The topological polar surface area (TPSA) is 65.5 Å². The largest absolute Gasteiger partial charge is 0.390 e. The molecule has 8 heteroatoms. The molecule has 1 aromatic carbocycles. The Morgan fingerprint density at radius 2 is 1.74 bits per heavy atom. The van der Waals surface area contributed by atoms with Crippen LogP contribution in [0.5, 0.6) is 0 Å². The van der Waals surface area contributed by atoms with Gasteiger partial charge in [0.05, 0.1) is 6.42 Å². The first-order chi connectivity index (χ1) is 10.8. The minimum absolute atomic E-state index is 0.131. The summed E-state index contributed by atoms with van der Waals surface area (Å²) < 4.78 is 36.2. The number of anilines is 1. The quantitative estimate of drug-likeness (QED) is 0.554. The molecule has 23 heavy (non-hydrogen) atoms. The monoisotopic (exact) mass is 330 g/mol. The molecule has 0 unspecified atom stereocenters. The first-order valence-electron chi connectivity index (χ1n) is 7.18. The lowest BCUT2D eigenvalue weighted by Crippen LogP contribution is -2.39. The third-order valence-electron chi connectivity index (χ3n) is 2.90. The number of carbonyl (C=O) groups is 1. The predicted octanol–water partition coefficient (Wildman–Crippen LogP) is 2.30. The molecule has 0 aliphatic rings.